The smallest absolute Gasteiger partial charge is 0.267 e. The Hall–Kier alpha value is -2.82. The number of carbonyl (C=O) groups is 2. The number of para-hydroxylation sites is 2. The molecule has 0 spiro atoms. The lowest BCUT2D eigenvalue weighted by Gasteiger charge is -2.33. The molecule has 0 saturated carbocycles. The topological polar surface area (TPSA) is 58.6 Å². The van der Waals surface area contributed by atoms with E-state index in [9.17, 15) is 9.59 Å². The maximum absolute atomic E-state index is 12.6. The second-order valence-electron chi connectivity index (χ2n) is 6.01. The Morgan fingerprint density at radius 1 is 1.17 bits per heavy atom. The molecule has 0 radical (unpaired) electrons. The maximum Gasteiger partial charge on any atom is 0.267 e. The first kappa shape index (κ1) is 16.1. The van der Waals surface area contributed by atoms with Crippen molar-refractivity contribution in [2.45, 2.75) is 26.9 Å². The van der Waals surface area contributed by atoms with Crippen LogP contribution in [0.1, 0.15) is 18.1 Å². The van der Waals surface area contributed by atoms with Gasteiger partial charge in [-0.05, 0) is 43.2 Å². The van der Waals surface area contributed by atoms with Gasteiger partial charge in [0.1, 0.15) is 5.75 Å². The summed E-state index contributed by atoms with van der Waals surface area (Å²) in [4.78, 5) is 26.1. The molecule has 2 amide bonds. The second-order valence-corrected chi connectivity index (χ2v) is 6.01. The molecule has 0 fully saturated rings. The molecule has 3 rings (SSSR count). The summed E-state index contributed by atoms with van der Waals surface area (Å²) in [7, 11) is 0. The SMILES string of the molecule is CC(=O)N1C[C@@H](C(=O)Nc2cc(C)ccc2C)Oc2ccccc21. The molecule has 2 aromatic rings. The molecule has 1 aliphatic heterocycles. The number of fused-ring (bicyclic) bond motifs is 1. The quantitative estimate of drug-likeness (QED) is 0.923. The fourth-order valence-corrected chi connectivity index (χ4v) is 2.75. The number of hydrogen-bond acceptors (Lipinski definition) is 3. The molecule has 1 aliphatic rings. The van der Waals surface area contributed by atoms with Gasteiger partial charge in [0.05, 0.1) is 12.2 Å². The molecule has 1 N–H and O–H groups in total. The summed E-state index contributed by atoms with van der Waals surface area (Å²) >= 11 is 0. The fourth-order valence-electron chi connectivity index (χ4n) is 2.75. The van der Waals surface area contributed by atoms with E-state index in [1.54, 1.807) is 11.0 Å². The number of rotatable bonds is 2. The Morgan fingerprint density at radius 2 is 1.92 bits per heavy atom. The standard InChI is InChI=1S/C19H20N2O3/c1-12-8-9-13(2)15(10-12)20-19(23)18-11-21(14(3)22)16-6-4-5-7-17(16)24-18/h4-10,18H,11H2,1-3H3,(H,20,23)/t18-/m0/s1. The molecule has 5 heteroatoms. The van der Waals surface area contributed by atoms with Crippen LogP contribution >= 0.6 is 0 Å². The van der Waals surface area contributed by atoms with Crippen LogP contribution in [-0.2, 0) is 9.59 Å². The first-order valence-corrected chi connectivity index (χ1v) is 7.87. The summed E-state index contributed by atoms with van der Waals surface area (Å²) in [5, 5.41) is 2.91. The van der Waals surface area contributed by atoms with Crippen LogP contribution in [0, 0.1) is 13.8 Å². The molecular weight excluding hydrogens is 304 g/mol. The first-order chi connectivity index (χ1) is 11.5. The van der Waals surface area contributed by atoms with Crippen molar-refractivity contribution < 1.29 is 14.3 Å². The van der Waals surface area contributed by atoms with Gasteiger partial charge in [-0.2, -0.15) is 0 Å². The van der Waals surface area contributed by atoms with Crippen molar-refractivity contribution in [2.24, 2.45) is 0 Å². The van der Waals surface area contributed by atoms with Gasteiger partial charge in [0, 0.05) is 12.6 Å². The lowest BCUT2D eigenvalue weighted by molar-refractivity contribution is -0.123. The number of benzene rings is 2. The van der Waals surface area contributed by atoms with Gasteiger partial charge in [-0.3, -0.25) is 9.59 Å². The minimum atomic E-state index is -0.747. The van der Waals surface area contributed by atoms with E-state index in [0.717, 1.165) is 16.8 Å². The van der Waals surface area contributed by atoms with Crippen LogP contribution < -0.4 is 15.0 Å². The Morgan fingerprint density at radius 3 is 2.67 bits per heavy atom. The van der Waals surface area contributed by atoms with Crippen molar-refractivity contribution in [2.75, 3.05) is 16.8 Å². The number of hydrogen-bond donors (Lipinski definition) is 1. The summed E-state index contributed by atoms with van der Waals surface area (Å²) in [6.07, 6.45) is -0.747. The molecule has 0 saturated heterocycles. The van der Waals surface area contributed by atoms with Crippen LogP contribution in [0.25, 0.3) is 0 Å². The van der Waals surface area contributed by atoms with Gasteiger partial charge in [-0.1, -0.05) is 24.3 Å². The van der Waals surface area contributed by atoms with Crippen molar-refractivity contribution in [1.29, 1.82) is 0 Å². The van der Waals surface area contributed by atoms with Gasteiger partial charge in [0.15, 0.2) is 6.10 Å². The van der Waals surface area contributed by atoms with Crippen LogP contribution in [0.3, 0.4) is 0 Å². The van der Waals surface area contributed by atoms with Gasteiger partial charge >= 0.3 is 0 Å². The van der Waals surface area contributed by atoms with Crippen LogP contribution in [0.5, 0.6) is 5.75 Å². The predicted octanol–water partition coefficient (Wildman–Crippen LogP) is 3.06. The van der Waals surface area contributed by atoms with Crippen molar-refractivity contribution in [3.05, 3.63) is 53.6 Å². The lowest BCUT2D eigenvalue weighted by atomic mass is 10.1. The lowest BCUT2D eigenvalue weighted by Crippen LogP contribution is -2.48. The minimum Gasteiger partial charge on any atom is -0.476 e. The second kappa shape index (κ2) is 6.35. The van der Waals surface area contributed by atoms with E-state index in [2.05, 4.69) is 5.32 Å². The van der Waals surface area contributed by atoms with Crippen LogP contribution in [0.4, 0.5) is 11.4 Å². The molecule has 0 bridgehead atoms. The molecule has 2 aromatic carbocycles. The van der Waals surface area contributed by atoms with Crippen molar-refractivity contribution in [3.63, 3.8) is 0 Å². The first-order valence-electron chi connectivity index (χ1n) is 7.87. The number of ether oxygens (including phenoxy) is 1. The van der Waals surface area contributed by atoms with E-state index < -0.39 is 6.10 Å². The fraction of sp³-hybridized carbons (Fsp3) is 0.263. The number of carbonyl (C=O) groups excluding carboxylic acids is 2. The summed E-state index contributed by atoms with van der Waals surface area (Å²) in [6.45, 7) is 5.60. The third-order valence-corrected chi connectivity index (χ3v) is 4.10. The molecule has 5 nitrogen and oxygen atoms in total. The zero-order valence-electron chi connectivity index (χ0n) is 14.0. The third kappa shape index (κ3) is 3.11. The number of amides is 2. The normalized spacial score (nSPS) is 16.1. The van der Waals surface area contributed by atoms with E-state index in [-0.39, 0.29) is 18.4 Å². The highest BCUT2D eigenvalue weighted by Crippen LogP contribution is 2.33. The Balaban J connectivity index is 1.84. The highest BCUT2D eigenvalue weighted by atomic mass is 16.5. The van der Waals surface area contributed by atoms with Gasteiger partial charge < -0.3 is 15.0 Å². The molecule has 1 heterocycles. The van der Waals surface area contributed by atoms with Gasteiger partial charge in [0.2, 0.25) is 5.91 Å². The molecule has 0 aliphatic carbocycles. The molecule has 0 unspecified atom stereocenters. The Bertz CT molecular complexity index is 801. The predicted molar refractivity (Wildman–Crippen MR) is 93.4 cm³/mol. The van der Waals surface area contributed by atoms with E-state index in [4.69, 9.17) is 4.74 Å². The summed E-state index contributed by atoms with van der Waals surface area (Å²) in [5.74, 6) is 0.166. The number of nitrogens with one attached hydrogen (secondary N) is 1. The van der Waals surface area contributed by atoms with Crippen LogP contribution in [0.15, 0.2) is 42.5 Å². The average molecular weight is 324 g/mol. The highest BCUT2D eigenvalue weighted by Gasteiger charge is 2.32. The van der Waals surface area contributed by atoms with Crippen LogP contribution in [-0.4, -0.2) is 24.5 Å². The third-order valence-electron chi connectivity index (χ3n) is 4.10. The molecular formula is C19H20N2O3. The molecule has 124 valence electrons. The van der Waals surface area contributed by atoms with Crippen molar-refractivity contribution in [3.8, 4) is 5.75 Å². The van der Waals surface area contributed by atoms with E-state index in [1.165, 1.54) is 6.92 Å². The highest BCUT2D eigenvalue weighted by molar-refractivity contribution is 5.99. The number of aryl methyl sites for hydroxylation is 2. The van der Waals surface area contributed by atoms with E-state index >= 15 is 0 Å². The Labute approximate surface area is 141 Å². The van der Waals surface area contributed by atoms with Crippen molar-refractivity contribution in [1.82, 2.24) is 0 Å². The van der Waals surface area contributed by atoms with E-state index in [0.29, 0.717) is 11.4 Å². The van der Waals surface area contributed by atoms with E-state index in [1.807, 2.05) is 50.2 Å². The molecule has 0 aromatic heterocycles. The Kier molecular flexibility index (Phi) is 4.25. The van der Waals surface area contributed by atoms with Crippen molar-refractivity contribution >= 4 is 23.2 Å². The number of anilines is 2. The largest absolute Gasteiger partial charge is 0.476 e. The number of nitrogens with zero attached hydrogens (tertiary/aromatic N) is 1. The van der Waals surface area contributed by atoms with Crippen LogP contribution in [0.2, 0.25) is 0 Å². The minimum absolute atomic E-state index is 0.115. The summed E-state index contributed by atoms with van der Waals surface area (Å²) in [6, 6.07) is 13.1. The monoisotopic (exact) mass is 324 g/mol. The van der Waals surface area contributed by atoms with Gasteiger partial charge in [0.25, 0.3) is 5.91 Å². The zero-order valence-corrected chi connectivity index (χ0v) is 14.0. The van der Waals surface area contributed by atoms with Gasteiger partial charge in [-0.25, -0.2) is 0 Å². The zero-order chi connectivity index (χ0) is 17.3. The van der Waals surface area contributed by atoms with Gasteiger partial charge in [-0.15, -0.1) is 0 Å². The average Bonchev–Trinajstić information content (AvgIpc) is 2.57. The maximum atomic E-state index is 12.6. The summed E-state index contributed by atoms with van der Waals surface area (Å²) < 4.78 is 5.81. The summed E-state index contributed by atoms with van der Waals surface area (Å²) in [5.41, 5.74) is 3.50. The molecule has 1 atom stereocenters. The molecule has 24 heavy (non-hydrogen) atoms.